The number of sulfone groups is 1. The molecule has 0 radical (unpaired) electrons. The summed E-state index contributed by atoms with van der Waals surface area (Å²) < 4.78 is 23.6. The van der Waals surface area contributed by atoms with Gasteiger partial charge in [0.25, 0.3) is 0 Å². The summed E-state index contributed by atoms with van der Waals surface area (Å²) in [6.07, 6.45) is 2.21. The largest absolute Gasteiger partial charge is 0.346 e. The van der Waals surface area contributed by atoms with Crippen molar-refractivity contribution in [2.45, 2.75) is 31.8 Å². The minimum Gasteiger partial charge on any atom is -0.346 e. The zero-order valence-corrected chi connectivity index (χ0v) is 19.7. The van der Waals surface area contributed by atoms with E-state index in [-0.39, 0.29) is 23.5 Å². The number of carbonyl (C=O) groups is 2. The number of thiazole rings is 1. The van der Waals surface area contributed by atoms with E-state index in [1.807, 2.05) is 36.7 Å². The standard InChI is InChI=1S/C22H28N4O4S2/c1-16-21(31-14-23-16)18-6-4-17(5-7-18)19(13-25-9-11-32(29,30)12-10-25)24-22(28)20-3-2-8-26(20)15-27/h4-7,14-15,19-20H,2-3,8-13H2,1H3,(H,24,28). The predicted molar refractivity (Wildman–Crippen MR) is 124 cm³/mol. The second-order valence-corrected chi connectivity index (χ2v) is 11.6. The van der Waals surface area contributed by atoms with Gasteiger partial charge in [-0.3, -0.25) is 14.5 Å². The van der Waals surface area contributed by atoms with E-state index in [1.165, 1.54) is 0 Å². The minimum atomic E-state index is -2.98. The van der Waals surface area contributed by atoms with Crippen molar-refractivity contribution in [2.24, 2.45) is 0 Å². The third-order valence-corrected chi connectivity index (χ3v) is 8.83. The van der Waals surface area contributed by atoms with E-state index in [4.69, 9.17) is 0 Å². The van der Waals surface area contributed by atoms with Gasteiger partial charge in [-0.1, -0.05) is 24.3 Å². The first-order chi connectivity index (χ1) is 15.4. The summed E-state index contributed by atoms with van der Waals surface area (Å²) in [6.45, 7) is 4.01. The molecule has 32 heavy (non-hydrogen) atoms. The Morgan fingerprint density at radius 2 is 1.97 bits per heavy atom. The van der Waals surface area contributed by atoms with Crippen LogP contribution in [0.3, 0.4) is 0 Å². The van der Waals surface area contributed by atoms with E-state index in [9.17, 15) is 18.0 Å². The molecule has 2 atom stereocenters. The van der Waals surface area contributed by atoms with Gasteiger partial charge in [-0.05, 0) is 30.9 Å². The van der Waals surface area contributed by atoms with Gasteiger partial charge in [0.05, 0.1) is 33.6 Å². The topological polar surface area (TPSA) is 99.7 Å². The first-order valence-corrected chi connectivity index (χ1v) is 13.5. The second-order valence-electron chi connectivity index (χ2n) is 8.40. The van der Waals surface area contributed by atoms with Gasteiger partial charge in [0.1, 0.15) is 6.04 Å². The zero-order chi connectivity index (χ0) is 22.7. The Labute approximate surface area is 192 Å². The summed E-state index contributed by atoms with van der Waals surface area (Å²) in [5.41, 5.74) is 4.84. The number of rotatable bonds is 7. The first kappa shape index (κ1) is 22.9. The number of carbonyl (C=O) groups excluding carboxylic acids is 2. The molecular weight excluding hydrogens is 448 g/mol. The highest BCUT2D eigenvalue weighted by atomic mass is 32.2. The monoisotopic (exact) mass is 476 g/mol. The highest BCUT2D eigenvalue weighted by molar-refractivity contribution is 7.91. The van der Waals surface area contributed by atoms with Crippen LogP contribution in [0.15, 0.2) is 29.8 Å². The summed E-state index contributed by atoms with van der Waals surface area (Å²) in [4.78, 5) is 33.4. The fraction of sp³-hybridized carbons (Fsp3) is 0.500. The van der Waals surface area contributed by atoms with E-state index in [2.05, 4.69) is 15.2 Å². The Kier molecular flexibility index (Phi) is 6.92. The molecule has 4 rings (SSSR count). The lowest BCUT2D eigenvalue weighted by atomic mass is 10.0. The first-order valence-electron chi connectivity index (χ1n) is 10.8. The Morgan fingerprint density at radius 3 is 2.59 bits per heavy atom. The third kappa shape index (κ3) is 5.19. The van der Waals surface area contributed by atoms with Crippen LogP contribution in [0.25, 0.3) is 10.4 Å². The zero-order valence-electron chi connectivity index (χ0n) is 18.1. The average molecular weight is 477 g/mol. The maximum Gasteiger partial charge on any atom is 0.243 e. The van der Waals surface area contributed by atoms with Gasteiger partial charge < -0.3 is 10.2 Å². The van der Waals surface area contributed by atoms with Crippen molar-refractivity contribution >= 4 is 33.5 Å². The van der Waals surface area contributed by atoms with Crippen LogP contribution in [-0.2, 0) is 19.4 Å². The van der Waals surface area contributed by atoms with Gasteiger partial charge in [0, 0.05) is 26.2 Å². The molecule has 1 aromatic heterocycles. The number of nitrogens with zero attached hydrogens (tertiary/aromatic N) is 3. The Morgan fingerprint density at radius 1 is 1.25 bits per heavy atom. The number of hydrogen-bond acceptors (Lipinski definition) is 7. The van der Waals surface area contributed by atoms with Crippen molar-refractivity contribution in [3.63, 3.8) is 0 Å². The molecule has 10 heteroatoms. The normalized spacial score (nSPS) is 21.9. The van der Waals surface area contributed by atoms with Gasteiger partial charge in [0.2, 0.25) is 12.3 Å². The maximum atomic E-state index is 13.0. The Hall–Kier alpha value is -2.30. The number of likely N-dealkylation sites (tertiary alicyclic amines) is 1. The molecule has 2 saturated heterocycles. The number of nitrogens with one attached hydrogen (secondary N) is 1. The molecular formula is C22H28N4O4S2. The van der Waals surface area contributed by atoms with Crippen molar-refractivity contribution in [1.82, 2.24) is 20.1 Å². The molecule has 2 aliphatic rings. The van der Waals surface area contributed by atoms with Crippen LogP contribution in [0.2, 0.25) is 0 Å². The van der Waals surface area contributed by atoms with Gasteiger partial charge in [-0.2, -0.15) is 0 Å². The Balaban J connectivity index is 1.53. The molecule has 2 unspecified atom stereocenters. The lowest BCUT2D eigenvalue weighted by Crippen LogP contribution is -2.48. The summed E-state index contributed by atoms with van der Waals surface area (Å²) >= 11 is 1.59. The molecule has 0 bridgehead atoms. The summed E-state index contributed by atoms with van der Waals surface area (Å²) in [5, 5.41) is 3.13. The lowest BCUT2D eigenvalue weighted by molar-refractivity contribution is -0.131. The van der Waals surface area contributed by atoms with E-state index in [0.717, 1.165) is 34.5 Å². The molecule has 0 spiro atoms. The fourth-order valence-electron chi connectivity index (χ4n) is 4.34. The van der Waals surface area contributed by atoms with Gasteiger partial charge in [0.15, 0.2) is 9.84 Å². The van der Waals surface area contributed by atoms with Gasteiger partial charge in [-0.25, -0.2) is 13.4 Å². The van der Waals surface area contributed by atoms with Crippen LogP contribution in [0, 0.1) is 6.92 Å². The molecule has 8 nitrogen and oxygen atoms in total. The van der Waals surface area contributed by atoms with E-state index >= 15 is 0 Å². The van der Waals surface area contributed by atoms with Crippen molar-refractivity contribution in [3.8, 4) is 10.4 Å². The average Bonchev–Trinajstić information content (AvgIpc) is 3.43. The molecule has 2 aromatic rings. The van der Waals surface area contributed by atoms with Crippen LogP contribution < -0.4 is 5.32 Å². The molecule has 2 amide bonds. The number of hydrogen-bond donors (Lipinski definition) is 1. The van der Waals surface area contributed by atoms with Crippen LogP contribution in [0.1, 0.15) is 30.1 Å². The number of benzene rings is 1. The van der Waals surface area contributed by atoms with Crippen LogP contribution in [0.4, 0.5) is 0 Å². The number of aryl methyl sites for hydroxylation is 1. The molecule has 2 aliphatic heterocycles. The number of amides is 2. The highest BCUT2D eigenvalue weighted by Gasteiger charge is 2.32. The predicted octanol–water partition coefficient (Wildman–Crippen LogP) is 1.63. The molecule has 172 valence electrons. The minimum absolute atomic E-state index is 0.138. The van der Waals surface area contributed by atoms with Crippen LogP contribution >= 0.6 is 11.3 Å². The maximum absolute atomic E-state index is 13.0. The smallest absolute Gasteiger partial charge is 0.243 e. The second kappa shape index (κ2) is 9.68. The van der Waals surface area contributed by atoms with Crippen LogP contribution in [0.5, 0.6) is 0 Å². The third-order valence-electron chi connectivity index (χ3n) is 6.25. The summed E-state index contributed by atoms with van der Waals surface area (Å²) in [7, 11) is -2.98. The fourth-order valence-corrected chi connectivity index (χ4v) is 6.42. The Bertz CT molecular complexity index is 1050. The molecule has 2 fully saturated rings. The van der Waals surface area contributed by atoms with Crippen molar-refractivity contribution in [1.29, 1.82) is 0 Å². The lowest BCUT2D eigenvalue weighted by Gasteiger charge is -2.32. The molecule has 3 heterocycles. The molecule has 1 aromatic carbocycles. The van der Waals surface area contributed by atoms with Crippen molar-refractivity contribution in [3.05, 3.63) is 41.0 Å². The summed E-state index contributed by atoms with van der Waals surface area (Å²) in [5.74, 6) is 0.115. The van der Waals surface area contributed by atoms with E-state index in [1.54, 1.807) is 16.2 Å². The van der Waals surface area contributed by atoms with Crippen molar-refractivity contribution in [2.75, 3.05) is 37.7 Å². The molecule has 0 saturated carbocycles. The number of aromatic nitrogens is 1. The van der Waals surface area contributed by atoms with Crippen molar-refractivity contribution < 1.29 is 18.0 Å². The van der Waals surface area contributed by atoms with E-state index < -0.39 is 15.9 Å². The van der Waals surface area contributed by atoms with E-state index in [0.29, 0.717) is 32.6 Å². The van der Waals surface area contributed by atoms with Gasteiger partial charge >= 0.3 is 0 Å². The van der Waals surface area contributed by atoms with Gasteiger partial charge in [-0.15, -0.1) is 11.3 Å². The molecule has 0 aliphatic carbocycles. The van der Waals surface area contributed by atoms with Crippen LogP contribution in [-0.4, -0.2) is 79.2 Å². The molecule has 1 N–H and O–H groups in total. The highest BCUT2D eigenvalue weighted by Crippen LogP contribution is 2.29. The summed E-state index contributed by atoms with van der Waals surface area (Å²) in [6, 6.07) is 7.33. The quantitative estimate of drug-likeness (QED) is 0.610. The SMILES string of the molecule is Cc1ncsc1-c1ccc(C(CN2CCS(=O)(=O)CC2)NC(=O)C2CCCN2C=O)cc1.